The van der Waals surface area contributed by atoms with Gasteiger partial charge in [0.25, 0.3) is 5.91 Å². The van der Waals surface area contributed by atoms with E-state index in [0.29, 0.717) is 28.9 Å². The standard InChI is InChI=1S/C28H28FN3O4/c1-18(2)15-24(33)30-23-10-6-7-20(16-23)26-25(27(34)31-22-8-4-3-5-9-22)32(28(35)36-26)17-19-11-13-21(29)14-12-19/h3-14,16,18,25-26H,15,17H2,1-2H3,(H,30,33)(H,31,34)/t25-,26+/m0/s1. The van der Waals surface area contributed by atoms with Gasteiger partial charge in [0.05, 0.1) is 6.54 Å². The van der Waals surface area contributed by atoms with E-state index in [9.17, 15) is 18.8 Å². The summed E-state index contributed by atoms with van der Waals surface area (Å²) in [6, 6.07) is 20.6. The number of nitrogens with one attached hydrogen (secondary N) is 2. The van der Waals surface area contributed by atoms with Gasteiger partial charge in [0.2, 0.25) is 5.91 Å². The van der Waals surface area contributed by atoms with Crippen LogP contribution in [0.2, 0.25) is 0 Å². The highest BCUT2D eigenvalue weighted by Crippen LogP contribution is 2.35. The second kappa shape index (κ2) is 11.0. The summed E-state index contributed by atoms with van der Waals surface area (Å²) >= 11 is 0. The molecule has 186 valence electrons. The summed E-state index contributed by atoms with van der Waals surface area (Å²) < 4.78 is 19.1. The van der Waals surface area contributed by atoms with Crippen LogP contribution >= 0.6 is 0 Å². The molecule has 2 atom stereocenters. The second-order valence-electron chi connectivity index (χ2n) is 9.13. The molecule has 4 rings (SSSR count). The summed E-state index contributed by atoms with van der Waals surface area (Å²) in [5.74, 6) is -0.736. The molecule has 8 heteroatoms. The molecule has 2 N–H and O–H groups in total. The Bertz CT molecular complexity index is 1230. The number of cyclic esters (lactones) is 1. The molecule has 0 spiro atoms. The number of hydrogen-bond acceptors (Lipinski definition) is 4. The summed E-state index contributed by atoms with van der Waals surface area (Å²) in [7, 11) is 0. The fraction of sp³-hybridized carbons (Fsp3) is 0.250. The predicted octanol–water partition coefficient (Wildman–Crippen LogP) is 5.51. The maximum atomic E-state index is 13.5. The Hall–Kier alpha value is -4.20. The number of para-hydroxylation sites is 1. The summed E-state index contributed by atoms with van der Waals surface area (Å²) in [5, 5.41) is 5.71. The summed E-state index contributed by atoms with van der Waals surface area (Å²) in [6.45, 7) is 3.98. The van der Waals surface area contributed by atoms with E-state index in [2.05, 4.69) is 10.6 Å². The molecule has 7 nitrogen and oxygen atoms in total. The number of rotatable bonds is 8. The maximum Gasteiger partial charge on any atom is 0.411 e. The molecule has 1 saturated heterocycles. The number of ether oxygens (including phenoxy) is 1. The van der Waals surface area contributed by atoms with Crippen molar-refractivity contribution in [2.45, 2.75) is 39.0 Å². The molecule has 3 aromatic rings. The van der Waals surface area contributed by atoms with Crippen LogP contribution < -0.4 is 10.6 Å². The average Bonchev–Trinajstić information content (AvgIpc) is 3.17. The van der Waals surface area contributed by atoms with Crippen LogP contribution in [0.4, 0.5) is 20.6 Å². The Kier molecular flexibility index (Phi) is 7.63. The predicted molar refractivity (Wildman–Crippen MR) is 135 cm³/mol. The third-order valence-electron chi connectivity index (χ3n) is 5.75. The van der Waals surface area contributed by atoms with Crippen LogP contribution in [0.1, 0.15) is 37.5 Å². The van der Waals surface area contributed by atoms with Crippen LogP contribution in [0.15, 0.2) is 78.9 Å². The molecule has 1 aliphatic heterocycles. The lowest BCUT2D eigenvalue weighted by Crippen LogP contribution is -2.43. The highest BCUT2D eigenvalue weighted by atomic mass is 19.1. The van der Waals surface area contributed by atoms with Gasteiger partial charge in [0.15, 0.2) is 12.1 Å². The van der Waals surface area contributed by atoms with Crippen LogP contribution in [0.3, 0.4) is 0 Å². The SMILES string of the molecule is CC(C)CC(=O)Nc1cccc([C@H]2OC(=O)N(Cc3ccc(F)cc3)[C@@H]2C(=O)Nc2ccccc2)c1. The van der Waals surface area contributed by atoms with Gasteiger partial charge < -0.3 is 15.4 Å². The largest absolute Gasteiger partial charge is 0.438 e. The summed E-state index contributed by atoms with van der Waals surface area (Å²) in [6.07, 6.45) is -1.20. The Labute approximate surface area is 209 Å². The van der Waals surface area contributed by atoms with Gasteiger partial charge in [0.1, 0.15) is 5.82 Å². The zero-order valence-corrected chi connectivity index (χ0v) is 20.1. The van der Waals surface area contributed by atoms with Gasteiger partial charge in [-0.15, -0.1) is 0 Å². The molecule has 3 aromatic carbocycles. The third-order valence-corrected chi connectivity index (χ3v) is 5.75. The van der Waals surface area contributed by atoms with Crippen LogP contribution in [0.5, 0.6) is 0 Å². The summed E-state index contributed by atoms with van der Waals surface area (Å²) in [5.41, 5.74) is 2.35. The molecule has 3 amide bonds. The fourth-order valence-electron chi connectivity index (χ4n) is 4.11. The first-order chi connectivity index (χ1) is 17.3. The number of halogens is 1. The zero-order valence-electron chi connectivity index (χ0n) is 20.1. The van der Waals surface area contributed by atoms with E-state index in [1.165, 1.54) is 17.0 Å². The molecule has 0 bridgehead atoms. The van der Waals surface area contributed by atoms with Gasteiger partial charge in [-0.2, -0.15) is 0 Å². The first-order valence-corrected chi connectivity index (χ1v) is 11.8. The molecule has 0 radical (unpaired) electrons. The lowest BCUT2D eigenvalue weighted by atomic mass is 9.99. The molecule has 1 heterocycles. The van der Waals surface area contributed by atoms with Crippen molar-refractivity contribution >= 4 is 29.3 Å². The van der Waals surface area contributed by atoms with E-state index in [1.807, 2.05) is 19.9 Å². The molecule has 36 heavy (non-hydrogen) atoms. The molecular weight excluding hydrogens is 461 g/mol. The van der Waals surface area contributed by atoms with E-state index in [1.54, 1.807) is 60.7 Å². The van der Waals surface area contributed by atoms with Crippen LogP contribution in [0.25, 0.3) is 0 Å². The van der Waals surface area contributed by atoms with E-state index in [-0.39, 0.29) is 18.4 Å². The molecule has 0 aliphatic carbocycles. The Balaban J connectivity index is 1.63. The van der Waals surface area contributed by atoms with E-state index >= 15 is 0 Å². The van der Waals surface area contributed by atoms with Gasteiger partial charge in [-0.1, -0.05) is 56.3 Å². The van der Waals surface area contributed by atoms with Gasteiger partial charge in [0, 0.05) is 17.8 Å². The van der Waals surface area contributed by atoms with Crippen molar-refractivity contribution in [1.82, 2.24) is 4.90 Å². The van der Waals surface area contributed by atoms with Crippen molar-refractivity contribution in [2.75, 3.05) is 10.6 Å². The number of carbonyl (C=O) groups is 3. The van der Waals surface area contributed by atoms with Crippen LogP contribution in [-0.4, -0.2) is 28.8 Å². The molecule has 0 unspecified atom stereocenters. The van der Waals surface area contributed by atoms with Crippen molar-refractivity contribution in [1.29, 1.82) is 0 Å². The number of amides is 3. The molecule has 0 saturated carbocycles. The van der Waals surface area contributed by atoms with Crippen molar-refractivity contribution in [3.63, 3.8) is 0 Å². The minimum Gasteiger partial charge on any atom is -0.438 e. The first-order valence-electron chi connectivity index (χ1n) is 11.8. The zero-order chi connectivity index (χ0) is 25.7. The highest BCUT2D eigenvalue weighted by Gasteiger charge is 2.47. The topological polar surface area (TPSA) is 87.7 Å². The van der Waals surface area contributed by atoms with Crippen molar-refractivity contribution < 1.29 is 23.5 Å². The van der Waals surface area contributed by atoms with Gasteiger partial charge in [-0.25, -0.2) is 9.18 Å². The minimum atomic E-state index is -0.996. The quantitative estimate of drug-likeness (QED) is 0.437. The normalized spacial score (nSPS) is 17.1. The number of benzene rings is 3. The van der Waals surface area contributed by atoms with Gasteiger partial charge in [-0.3, -0.25) is 14.5 Å². The minimum absolute atomic E-state index is 0.0628. The molecule has 1 aliphatic rings. The molecule has 1 fully saturated rings. The van der Waals surface area contributed by atoms with Gasteiger partial charge in [-0.05, 0) is 53.4 Å². The lowest BCUT2D eigenvalue weighted by Gasteiger charge is -2.24. The maximum absolute atomic E-state index is 13.5. The highest BCUT2D eigenvalue weighted by molar-refractivity contribution is 5.98. The Morgan fingerprint density at radius 2 is 1.64 bits per heavy atom. The van der Waals surface area contributed by atoms with Crippen molar-refractivity contribution in [3.05, 3.63) is 95.8 Å². The van der Waals surface area contributed by atoms with Crippen molar-refractivity contribution in [3.8, 4) is 0 Å². The number of nitrogens with zero attached hydrogens (tertiary/aromatic N) is 1. The Morgan fingerprint density at radius 3 is 2.33 bits per heavy atom. The number of carbonyl (C=O) groups excluding carboxylic acids is 3. The number of anilines is 2. The second-order valence-corrected chi connectivity index (χ2v) is 9.13. The fourth-order valence-corrected chi connectivity index (χ4v) is 4.11. The smallest absolute Gasteiger partial charge is 0.411 e. The van der Waals surface area contributed by atoms with E-state index in [4.69, 9.17) is 4.74 Å². The van der Waals surface area contributed by atoms with E-state index in [0.717, 1.165) is 0 Å². The summed E-state index contributed by atoms with van der Waals surface area (Å²) in [4.78, 5) is 40.0. The molecule has 0 aromatic heterocycles. The van der Waals surface area contributed by atoms with E-state index < -0.39 is 30.0 Å². The van der Waals surface area contributed by atoms with Gasteiger partial charge >= 0.3 is 6.09 Å². The monoisotopic (exact) mass is 489 g/mol. The number of hydrogen-bond donors (Lipinski definition) is 2. The Morgan fingerprint density at radius 1 is 0.944 bits per heavy atom. The lowest BCUT2D eigenvalue weighted by molar-refractivity contribution is -0.121. The van der Waals surface area contributed by atoms with Crippen molar-refractivity contribution in [2.24, 2.45) is 5.92 Å². The average molecular weight is 490 g/mol. The molecular formula is C28H28FN3O4. The van der Waals surface area contributed by atoms with Crippen LogP contribution in [-0.2, 0) is 20.9 Å². The third kappa shape index (κ3) is 6.07. The van der Waals surface area contributed by atoms with Crippen LogP contribution in [0, 0.1) is 11.7 Å². The first kappa shape index (κ1) is 24.9.